The Balaban J connectivity index is 2.01. The van der Waals surface area contributed by atoms with Crippen LogP contribution in [0.25, 0.3) is 0 Å². The van der Waals surface area contributed by atoms with Crippen LogP contribution in [0.2, 0.25) is 0 Å². The molecule has 0 saturated heterocycles. The van der Waals surface area contributed by atoms with E-state index in [0.29, 0.717) is 12.3 Å². The smallest absolute Gasteiger partial charge is 0.354 e. The Kier molecular flexibility index (Phi) is 1.89. The lowest BCUT2D eigenvalue weighted by molar-refractivity contribution is -0.140. The van der Waals surface area contributed by atoms with E-state index < -0.39 is 0 Å². The van der Waals surface area contributed by atoms with Gasteiger partial charge in [0.05, 0.1) is 12.6 Å². The summed E-state index contributed by atoms with van der Waals surface area (Å²) in [6.07, 6.45) is 6.67. The lowest BCUT2D eigenvalue weighted by Gasteiger charge is -2.19. The quantitative estimate of drug-likeness (QED) is 0.632. The molecule has 3 nitrogen and oxygen atoms in total. The van der Waals surface area contributed by atoms with Crippen LogP contribution >= 0.6 is 11.6 Å². The number of carbonyl (C=O) groups excluding carboxylic acids is 1. The van der Waals surface area contributed by atoms with E-state index in [1.165, 1.54) is 0 Å². The van der Waals surface area contributed by atoms with Crippen molar-refractivity contribution in [2.75, 3.05) is 6.61 Å². The molecule has 3 aliphatic rings. The maximum Gasteiger partial charge on any atom is 0.354 e. The fourth-order valence-corrected chi connectivity index (χ4v) is 2.54. The van der Waals surface area contributed by atoms with Gasteiger partial charge in [0.15, 0.2) is 0 Å². The molecule has 0 spiro atoms. The third-order valence-corrected chi connectivity index (χ3v) is 3.28. The van der Waals surface area contributed by atoms with Gasteiger partial charge in [-0.25, -0.2) is 4.79 Å². The molecule has 0 fully saturated rings. The van der Waals surface area contributed by atoms with Crippen molar-refractivity contribution >= 4 is 17.6 Å². The van der Waals surface area contributed by atoms with Crippen LogP contribution in [-0.2, 0) is 9.53 Å². The van der Waals surface area contributed by atoms with E-state index in [2.05, 4.69) is 5.32 Å². The van der Waals surface area contributed by atoms with Gasteiger partial charge in [-0.3, -0.25) is 0 Å². The van der Waals surface area contributed by atoms with Crippen LogP contribution in [0.15, 0.2) is 34.5 Å². The molecular weight excluding hydrogens is 214 g/mol. The second-order valence-electron chi connectivity index (χ2n) is 3.89. The molecule has 2 heterocycles. The zero-order valence-electron chi connectivity index (χ0n) is 8.00. The van der Waals surface area contributed by atoms with Gasteiger partial charge >= 0.3 is 5.97 Å². The average molecular weight is 224 g/mol. The Hall–Kier alpha value is -1.22. The molecule has 0 aromatic carbocycles. The highest BCUT2D eigenvalue weighted by atomic mass is 35.5. The first-order chi connectivity index (χ1) is 7.25. The van der Waals surface area contributed by atoms with Gasteiger partial charge in [-0.05, 0) is 11.6 Å². The van der Waals surface area contributed by atoms with Crippen molar-refractivity contribution < 1.29 is 9.53 Å². The van der Waals surface area contributed by atoms with E-state index in [9.17, 15) is 4.79 Å². The van der Waals surface area contributed by atoms with Crippen LogP contribution in [0.5, 0.6) is 0 Å². The SMILES string of the molecule is O=C1OCCC2=C1NC1C=CC(Cl)=CC21. The fraction of sp³-hybridized carbons (Fsp3) is 0.364. The van der Waals surface area contributed by atoms with Crippen molar-refractivity contribution in [1.82, 2.24) is 5.32 Å². The standard InChI is InChI=1S/C11H10ClNO2/c12-6-1-2-9-8(5-6)7-3-4-15-11(14)10(7)13-9/h1-2,5,8-9,13H,3-4H2. The van der Waals surface area contributed by atoms with Gasteiger partial charge in [-0.2, -0.15) is 0 Å². The van der Waals surface area contributed by atoms with Crippen molar-refractivity contribution in [3.63, 3.8) is 0 Å². The minimum Gasteiger partial charge on any atom is -0.461 e. The predicted molar refractivity (Wildman–Crippen MR) is 56.1 cm³/mol. The minimum atomic E-state index is -0.233. The second-order valence-corrected chi connectivity index (χ2v) is 4.33. The molecule has 1 aliphatic carbocycles. The fourth-order valence-electron chi connectivity index (χ4n) is 2.33. The van der Waals surface area contributed by atoms with Crippen molar-refractivity contribution in [2.45, 2.75) is 12.5 Å². The molecule has 78 valence electrons. The lowest BCUT2D eigenvalue weighted by Crippen LogP contribution is -2.29. The lowest BCUT2D eigenvalue weighted by atomic mass is 9.88. The first-order valence-electron chi connectivity index (χ1n) is 4.98. The Labute approximate surface area is 92.4 Å². The van der Waals surface area contributed by atoms with Crippen LogP contribution in [-0.4, -0.2) is 18.6 Å². The molecule has 3 rings (SSSR count). The molecule has 0 amide bonds. The van der Waals surface area contributed by atoms with Crippen molar-refractivity contribution in [1.29, 1.82) is 0 Å². The van der Waals surface area contributed by atoms with Crippen LogP contribution in [0.3, 0.4) is 0 Å². The third-order valence-electron chi connectivity index (χ3n) is 3.03. The molecule has 1 N–H and O–H groups in total. The molecular formula is C11H10ClNO2. The molecule has 0 radical (unpaired) electrons. The summed E-state index contributed by atoms with van der Waals surface area (Å²) >= 11 is 5.96. The summed E-state index contributed by atoms with van der Waals surface area (Å²) in [5.74, 6) is -0.00563. The summed E-state index contributed by atoms with van der Waals surface area (Å²) in [7, 11) is 0. The number of esters is 1. The Morgan fingerprint density at radius 2 is 2.40 bits per heavy atom. The van der Waals surface area contributed by atoms with E-state index in [1.54, 1.807) is 0 Å². The molecule has 0 aromatic heterocycles. The van der Waals surface area contributed by atoms with Gasteiger partial charge in [0, 0.05) is 17.4 Å². The molecule has 4 heteroatoms. The number of rotatable bonds is 0. The van der Waals surface area contributed by atoms with Crippen LogP contribution in [0.1, 0.15) is 6.42 Å². The minimum absolute atomic E-state index is 0.170. The van der Waals surface area contributed by atoms with Gasteiger partial charge in [-0.15, -0.1) is 0 Å². The van der Waals surface area contributed by atoms with Gasteiger partial charge in [-0.1, -0.05) is 23.8 Å². The van der Waals surface area contributed by atoms with Crippen LogP contribution in [0.4, 0.5) is 0 Å². The first-order valence-corrected chi connectivity index (χ1v) is 5.36. The number of allylic oxidation sites excluding steroid dienone is 2. The Morgan fingerprint density at radius 3 is 3.27 bits per heavy atom. The number of hydrogen-bond acceptors (Lipinski definition) is 3. The maximum atomic E-state index is 11.5. The number of ether oxygens (including phenoxy) is 1. The summed E-state index contributed by atoms with van der Waals surface area (Å²) in [4.78, 5) is 11.5. The Morgan fingerprint density at radius 1 is 1.53 bits per heavy atom. The Bertz CT molecular complexity index is 422. The number of fused-ring (bicyclic) bond motifs is 2. The van der Waals surface area contributed by atoms with Gasteiger partial charge < -0.3 is 10.1 Å². The van der Waals surface area contributed by atoms with E-state index in [-0.39, 0.29) is 17.9 Å². The molecule has 0 bridgehead atoms. The third kappa shape index (κ3) is 1.30. The van der Waals surface area contributed by atoms with E-state index in [0.717, 1.165) is 17.0 Å². The van der Waals surface area contributed by atoms with Crippen molar-refractivity contribution in [2.24, 2.45) is 5.92 Å². The molecule has 2 atom stereocenters. The van der Waals surface area contributed by atoms with Gasteiger partial charge in [0.2, 0.25) is 0 Å². The summed E-state index contributed by atoms with van der Waals surface area (Å²) in [6, 6.07) is 0.170. The zero-order chi connectivity index (χ0) is 10.4. The monoisotopic (exact) mass is 223 g/mol. The summed E-state index contributed by atoms with van der Waals surface area (Å²) in [5.41, 5.74) is 1.78. The van der Waals surface area contributed by atoms with E-state index >= 15 is 0 Å². The summed E-state index contributed by atoms with van der Waals surface area (Å²) in [5, 5.41) is 3.92. The highest BCUT2D eigenvalue weighted by Gasteiger charge is 2.38. The van der Waals surface area contributed by atoms with Crippen LogP contribution in [0, 0.1) is 5.92 Å². The summed E-state index contributed by atoms with van der Waals surface area (Å²) < 4.78 is 4.99. The van der Waals surface area contributed by atoms with Crippen molar-refractivity contribution in [3.05, 3.63) is 34.5 Å². The first kappa shape index (κ1) is 9.04. The molecule has 0 aromatic rings. The largest absolute Gasteiger partial charge is 0.461 e. The number of cyclic esters (lactones) is 1. The number of halogens is 1. The van der Waals surface area contributed by atoms with Crippen molar-refractivity contribution in [3.8, 4) is 0 Å². The number of hydrogen-bond donors (Lipinski definition) is 1. The topological polar surface area (TPSA) is 38.3 Å². The van der Waals surface area contributed by atoms with Gasteiger partial charge in [0.25, 0.3) is 0 Å². The highest BCUT2D eigenvalue weighted by molar-refractivity contribution is 6.31. The van der Waals surface area contributed by atoms with Gasteiger partial charge in [0.1, 0.15) is 5.70 Å². The molecule has 0 saturated carbocycles. The molecule has 2 unspecified atom stereocenters. The molecule has 2 aliphatic heterocycles. The maximum absolute atomic E-state index is 11.5. The highest BCUT2D eigenvalue weighted by Crippen LogP contribution is 2.36. The molecule has 15 heavy (non-hydrogen) atoms. The normalized spacial score (nSPS) is 32.9. The summed E-state index contributed by atoms with van der Waals surface area (Å²) in [6.45, 7) is 0.484. The number of carbonyl (C=O) groups is 1. The predicted octanol–water partition coefficient (Wildman–Crippen LogP) is 1.47. The number of nitrogens with one attached hydrogen (secondary N) is 1. The second kappa shape index (κ2) is 3.14. The van der Waals surface area contributed by atoms with Crippen LogP contribution < -0.4 is 5.32 Å². The van der Waals surface area contributed by atoms with E-state index in [4.69, 9.17) is 16.3 Å². The van der Waals surface area contributed by atoms with E-state index in [1.807, 2.05) is 18.2 Å². The average Bonchev–Trinajstić information content (AvgIpc) is 2.58. The zero-order valence-corrected chi connectivity index (χ0v) is 8.75.